The standard InChI is InChI=1S/3C6H16NO.2C2H4O2.CH2O2/c3*1-6(8)5-7(2,3)4;2*1-2(3)4;2-1-3/h3*6,8H,5H2,1-4H3;2*1H3,(H,3,4);1H,(H,2,3)/q3*+1;;;/p-3. The van der Waals surface area contributed by atoms with Gasteiger partial charge in [-0.1, -0.05) is 0 Å². The molecule has 0 aromatic carbocycles. The van der Waals surface area contributed by atoms with Gasteiger partial charge in [0.2, 0.25) is 0 Å². The van der Waals surface area contributed by atoms with Crippen LogP contribution in [-0.2, 0) is 14.4 Å². The van der Waals surface area contributed by atoms with E-state index in [0.717, 1.165) is 46.9 Å². The van der Waals surface area contributed by atoms with E-state index < -0.39 is 18.4 Å². The van der Waals surface area contributed by atoms with Crippen molar-refractivity contribution < 1.29 is 58.5 Å². The van der Waals surface area contributed by atoms with Crippen LogP contribution in [0.1, 0.15) is 34.6 Å². The van der Waals surface area contributed by atoms with E-state index in [-0.39, 0.29) is 18.3 Å². The summed E-state index contributed by atoms with van der Waals surface area (Å²) in [6, 6.07) is 0. The summed E-state index contributed by atoms with van der Waals surface area (Å²) in [5.74, 6) is -2.17. The van der Waals surface area contributed by atoms with Crippen LogP contribution in [0, 0.1) is 0 Å². The first-order valence-electron chi connectivity index (χ1n) is 11.0. The number of carboxylic acids is 2. The van der Waals surface area contributed by atoms with Crippen molar-refractivity contribution in [1.29, 1.82) is 0 Å². The first kappa shape index (κ1) is 46.5. The van der Waals surface area contributed by atoms with Crippen LogP contribution >= 0.6 is 0 Å². The summed E-state index contributed by atoms with van der Waals surface area (Å²) in [5.41, 5.74) is 0. The second-order valence-electron chi connectivity index (χ2n) is 11.0. The Kier molecular flexibility index (Phi) is 33.6. The number of carbonyl (C=O) groups is 3. The molecule has 3 unspecified atom stereocenters. The van der Waals surface area contributed by atoms with Crippen molar-refractivity contribution in [3.05, 3.63) is 0 Å². The zero-order valence-electron chi connectivity index (χ0n) is 24.6. The number of likely N-dealkylation sites (N-methyl/N-ethyl adjacent to an activating group) is 3. The summed E-state index contributed by atoms with van der Waals surface area (Å²) in [4.78, 5) is 26.0. The van der Waals surface area contributed by atoms with Crippen LogP contribution in [0.5, 0.6) is 0 Å². The molecule has 0 saturated heterocycles. The zero-order valence-corrected chi connectivity index (χ0v) is 24.6. The van der Waals surface area contributed by atoms with Crippen LogP contribution in [0.2, 0.25) is 0 Å². The highest BCUT2D eigenvalue weighted by Crippen LogP contribution is 1.93. The number of quaternary nitrogens is 3. The molecule has 12 nitrogen and oxygen atoms in total. The van der Waals surface area contributed by atoms with Crippen LogP contribution in [0.3, 0.4) is 0 Å². The van der Waals surface area contributed by atoms with Crippen molar-refractivity contribution in [2.75, 3.05) is 83.1 Å². The van der Waals surface area contributed by atoms with E-state index in [1.54, 1.807) is 0 Å². The number of aliphatic carboxylic acids is 2. The minimum absolute atomic E-state index is 0.185. The van der Waals surface area contributed by atoms with Gasteiger partial charge in [0.05, 0.1) is 63.4 Å². The van der Waals surface area contributed by atoms with Crippen molar-refractivity contribution in [2.24, 2.45) is 0 Å². The number of carbonyl (C=O) groups excluding carboxylic acids is 3. The van der Waals surface area contributed by atoms with Crippen LogP contribution < -0.4 is 15.3 Å². The molecule has 0 aromatic heterocycles. The van der Waals surface area contributed by atoms with Gasteiger partial charge < -0.3 is 58.5 Å². The third-order valence-electron chi connectivity index (χ3n) is 2.44. The van der Waals surface area contributed by atoms with Crippen LogP contribution in [0.4, 0.5) is 0 Å². The maximum Gasteiger partial charge on any atom is 0.104 e. The van der Waals surface area contributed by atoms with Crippen LogP contribution in [-0.4, -0.2) is 149 Å². The highest BCUT2D eigenvalue weighted by Gasteiger charge is 2.10. The average molecular weight is 518 g/mol. The minimum atomic E-state index is -1.08. The molecule has 0 aromatic rings. The molecule has 35 heavy (non-hydrogen) atoms. The van der Waals surface area contributed by atoms with E-state index in [1.807, 2.05) is 20.8 Å². The van der Waals surface area contributed by atoms with Gasteiger partial charge in [-0.2, -0.15) is 0 Å². The first-order valence-corrected chi connectivity index (χ1v) is 11.0. The molecule has 0 heterocycles. The van der Waals surface area contributed by atoms with E-state index in [2.05, 4.69) is 63.4 Å². The molecule has 0 bridgehead atoms. The number of rotatable bonds is 6. The lowest BCUT2D eigenvalue weighted by molar-refractivity contribution is -0.873. The smallest absolute Gasteiger partial charge is 0.104 e. The highest BCUT2D eigenvalue weighted by molar-refractivity contribution is 5.60. The maximum absolute atomic E-state index is 8.89. The van der Waals surface area contributed by atoms with E-state index >= 15 is 0 Å². The molecule has 216 valence electrons. The Hall–Kier alpha value is -1.83. The first-order chi connectivity index (χ1) is 15.1. The molecule has 0 spiro atoms. The van der Waals surface area contributed by atoms with E-state index in [9.17, 15) is 0 Å². The molecular weight excluding hydrogens is 462 g/mol. The molecule has 0 amide bonds. The predicted octanol–water partition coefficient (Wildman–Crippen LogP) is -3.90. The van der Waals surface area contributed by atoms with Gasteiger partial charge in [-0.15, -0.1) is 0 Å². The molecule has 0 aliphatic rings. The second kappa shape index (κ2) is 25.3. The monoisotopic (exact) mass is 517 g/mol. The topological polar surface area (TPSA) is 181 Å². The van der Waals surface area contributed by atoms with Gasteiger partial charge in [0.15, 0.2) is 0 Å². The highest BCUT2D eigenvalue weighted by atomic mass is 16.4. The van der Waals surface area contributed by atoms with Gasteiger partial charge in [-0.05, 0) is 34.6 Å². The quantitative estimate of drug-likeness (QED) is 0.234. The molecule has 12 heteroatoms. The summed E-state index contributed by atoms with van der Waals surface area (Å²) in [5, 5.41) is 52.6. The molecule has 0 aliphatic carbocycles. The van der Waals surface area contributed by atoms with Gasteiger partial charge in [0, 0.05) is 18.4 Å². The fraction of sp³-hybridized carbons (Fsp3) is 0.870. The zero-order chi connectivity index (χ0) is 30.2. The Morgan fingerprint density at radius 3 is 0.714 bits per heavy atom. The largest absolute Gasteiger partial charge is 0.554 e. The Morgan fingerprint density at radius 2 is 0.714 bits per heavy atom. The van der Waals surface area contributed by atoms with E-state index in [4.69, 9.17) is 45.0 Å². The molecule has 3 atom stereocenters. The van der Waals surface area contributed by atoms with E-state index in [1.165, 1.54) is 0 Å². The van der Waals surface area contributed by atoms with Crippen molar-refractivity contribution in [2.45, 2.75) is 52.9 Å². The Bertz CT molecular complexity index is 424. The van der Waals surface area contributed by atoms with Crippen molar-refractivity contribution in [3.8, 4) is 0 Å². The van der Waals surface area contributed by atoms with Gasteiger partial charge in [0.25, 0.3) is 0 Å². The Balaban J connectivity index is -0.0000000750. The van der Waals surface area contributed by atoms with Gasteiger partial charge in [0.1, 0.15) is 37.9 Å². The van der Waals surface area contributed by atoms with Gasteiger partial charge >= 0.3 is 0 Å². The lowest BCUT2D eigenvalue weighted by Crippen LogP contribution is -2.40. The summed E-state index contributed by atoms with van der Waals surface area (Å²) in [6.07, 6.45) is -0.556. The molecule has 0 aliphatic heterocycles. The second-order valence-corrected chi connectivity index (χ2v) is 11.0. The number of hydrogen-bond donors (Lipinski definition) is 3. The molecule has 0 fully saturated rings. The normalized spacial score (nSPS) is 12.8. The summed E-state index contributed by atoms with van der Waals surface area (Å²) in [6.45, 7) is 9.33. The predicted molar refractivity (Wildman–Crippen MR) is 131 cm³/mol. The number of hydrogen-bond acceptors (Lipinski definition) is 9. The van der Waals surface area contributed by atoms with E-state index in [0.29, 0.717) is 0 Å². The summed E-state index contributed by atoms with van der Waals surface area (Å²) in [7, 11) is 18.6. The fourth-order valence-corrected chi connectivity index (χ4v) is 2.38. The lowest BCUT2D eigenvalue weighted by atomic mass is 10.3. The molecule has 0 rings (SSSR count). The van der Waals surface area contributed by atoms with Crippen molar-refractivity contribution in [3.63, 3.8) is 0 Å². The Labute approximate surface area is 213 Å². The molecule has 3 N–H and O–H groups in total. The third-order valence-corrected chi connectivity index (χ3v) is 2.44. The van der Waals surface area contributed by atoms with Crippen molar-refractivity contribution >= 4 is 18.4 Å². The fourth-order valence-electron chi connectivity index (χ4n) is 2.38. The minimum Gasteiger partial charge on any atom is -0.554 e. The molecule has 0 saturated carbocycles. The summed E-state index contributed by atoms with van der Waals surface area (Å²) >= 11 is 0. The maximum atomic E-state index is 8.89. The van der Waals surface area contributed by atoms with Crippen LogP contribution in [0.15, 0.2) is 0 Å². The lowest BCUT2D eigenvalue weighted by Gasteiger charge is -2.24. The van der Waals surface area contributed by atoms with Gasteiger partial charge in [-0.3, -0.25) is 0 Å². The van der Waals surface area contributed by atoms with Crippen LogP contribution in [0.25, 0.3) is 0 Å². The number of carboxylic acid groups (broad SMARTS) is 3. The molecular formula is C23H55N3O9. The number of aliphatic hydroxyl groups excluding tert-OH is 3. The Morgan fingerprint density at radius 1 is 0.629 bits per heavy atom. The molecule has 0 radical (unpaired) electrons. The van der Waals surface area contributed by atoms with Crippen molar-refractivity contribution in [1.82, 2.24) is 0 Å². The van der Waals surface area contributed by atoms with Gasteiger partial charge in [-0.25, -0.2) is 0 Å². The third kappa shape index (κ3) is 169. The number of aliphatic hydroxyl groups is 3. The SMILES string of the molecule is CC(=O)[O-].CC(=O)[O-].CC(O)C[N+](C)(C)C.CC(O)C[N+](C)(C)C.CC(O)C[N+](C)(C)C.O=C[O-]. The average Bonchev–Trinajstić information content (AvgIpc) is 2.38. The number of nitrogens with zero attached hydrogens (tertiary/aromatic N) is 3. The summed E-state index contributed by atoms with van der Waals surface area (Å²) < 4.78 is 2.49.